The number of hydrogen-bond donors (Lipinski definition) is 0. The number of hydrazine groups is 1. The van der Waals surface area contributed by atoms with Gasteiger partial charge < -0.3 is 0 Å². The highest BCUT2D eigenvalue weighted by Crippen LogP contribution is 2.56. The van der Waals surface area contributed by atoms with E-state index in [1.807, 2.05) is 0 Å². The van der Waals surface area contributed by atoms with E-state index in [4.69, 9.17) is 11.6 Å². The number of nitro groups is 1. The number of rotatable bonds is 6. The molecule has 1 heterocycles. The number of amides is 3. The Morgan fingerprint density at radius 1 is 0.971 bits per heavy atom. The van der Waals surface area contributed by atoms with E-state index in [0.717, 1.165) is 29.3 Å². The van der Waals surface area contributed by atoms with Crippen molar-refractivity contribution in [1.82, 2.24) is 10.0 Å². The average molecular weight is 496 g/mol. The van der Waals surface area contributed by atoms with Gasteiger partial charge in [0.2, 0.25) is 0 Å². The minimum atomic E-state index is -1.19. The average Bonchev–Trinajstić information content (AvgIpc) is 3.54. The fourth-order valence-electron chi connectivity index (χ4n) is 5.87. The van der Waals surface area contributed by atoms with E-state index in [-0.39, 0.29) is 28.7 Å². The van der Waals surface area contributed by atoms with Gasteiger partial charge in [-0.2, -0.15) is 5.01 Å². The van der Waals surface area contributed by atoms with Crippen molar-refractivity contribution < 1.29 is 24.1 Å². The predicted octanol–water partition coefficient (Wildman–Crippen LogP) is 3.91. The largest absolute Gasteiger partial charge is 0.292 e. The summed E-state index contributed by atoms with van der Waals surface area (Å²) in [6, 6.07) is 9.75. The van der Waals surface area contributed by atoms with Crippen LogP contribution >= 0.6 is 11.6 Å². The van der Waals surface area contributed by atoms with E-state index >= 15 is 0 Å². The molecule has 0 spiro atoms. The highest BCUT2D eigenvalue weighted by molar-refractivity contribution is 6.30. The van der Waals surface area contributed by atoms with E-state index in [1.54, 1.807) is 0 Å². The van der Waals surface area contributed by atoms with Crippen LogP contribution in [-0.4, -0.2) is 44.5 Å². The van der Waals surface area contributed by atoms with E-state index in [9.17, 15) is 29.3 Å². The monoisotopic (exact) mass is 495 g/mol. The molecule has 0 aromatic heterocycles. The maximum Gasteiger partial charge on any atom is 0.273 e. The van der Waals surface area contributed by atoms with E-state index < -0.39 is 46.3 Å². The number of ketones is 1. The molecule has 10 heteroatoms. The first-order valence-corrected chi connectivity index (χ1v) is 11.8. The first kappa shape index (κ1) is 23.2. The van der Waals surface area contributed by atoms with Gasteiger partial charge in [0.1, 0.15) is 6.04 Å². The third-order valence-electron chi connectivity index (χ3n) is 7.53. The molecule has 35 heavy (non-hydrogen) atoms. The Labute approximate surface area is 205 Å². The number of nitro benzene ring substituents is 1. The van der Waals surface area contributed by atoms with Crippen molar-refractivity contribution in [3.05, 3.63) is 74.8 Å². The van der Waals surface area contributed by atoms with Gasteiger partial charge in [0.15, 0.2) is 5.78 Å². The third kappa shape index (κ3) is 3.70. The van der Waals surface area contributed by atoms with Gasteiger partial charge in [0.05, 0.1) is 16.8 Å². The number of Topliss-reactive ketones (excluding diaryl/α,β-unsaturated/α-hetero) is 1. The summed E-state index contributed by atoms with van der Waals surface area (Å²) in [5.41, 5.74) is 0.0765. The Kier molecular flexibility index (Phi) is 5.67. The zero-order chi connectivity index (χ0) is 25.0. The van der Waals surface area contributed by atoms with Crippen LogP contribution in [0.15, 0.2) is 48.5 Å². The molecule has 3 amide bonds. The maximum atomic E-state index is 13.7. The molecule has 2 saturated carbocycles. The van der Waals surface area contributed by atoms with E-state index in [2.05, 4.69) is 0 Å². The summed E-state index contributed by atoms with van der Waals surface area (Å²) < 4.78 is 0. The van der Waals surface area contributed by atoms with Crippen LogP contribution in [0.5, 0.6) is 0 Å². The second-order valence-corrected chi connectivity index (χ2v) is 9.81. The van der Waals surface area contributed by atoms with Crippen LogP contribution in [0.4, 0.5) is 5.69 Å². The van der Waals surface area contributed by atoms with Gasteiger partial charge in [0.25, 0.3) is 23.4 Å². The maximum absolute atomic E-state index is 13.7. The molecule has 2 aromatic rings. The van der Waals surface area contributed by atoms with Crippen LogP contribution in [0.3, 0.4) is 0 Å². The summed E-state index contributed by atoms with van der Waals surface area (Å²) in [5.74, 6) is -2.91. The molecule has 2 aromatic carbocycles. The molecule has 2 aliphatic carbocycles. The molecular weight excluding hydrogens is 474 g/mol. The zero-order valence-corrected chi connectivity index (χ0v) is 19.6. The van der Waals surface area contributed by atoms with Crippen molar-refractivity contribution in [3.8, 4) is 0 Å². The smallest absolute Gasteiger partial charge is 0.273 e. The van der Waals surface area contributed by atoms with Crippen molar-refractivity contribution >= 4 is 40.8 Å². The molecule has 3 fully saturated rings. The molecule has 3 aliphatic rings. The SMILES string of the molecule is C[C@H](C(=O)c1ccc(Cl)cc1)N(C(=O)c1ccc([N+](=O)[O-])cc1)N1C(=O)[C@@H]2[C@H]3CC[C@@H](C3)[C@@H]2C1=O. The lowest BCUT2D eigenvalue weighted by molar-refractivity contribution is -0.384. The van der Waals surface area contributed by atoms with Crippen molar-refractivity contribution in [3.63, 3.8) is 0 Å². The summed E-state index contributed by atoms with van der Waals surface area (Å²) in [7, 11) is 0. The summed E-state index contributed by atoms with van der Waals surface area (Å²) in [4.78, 5) is 64.5. The number of hydrogen-bond acceptors (Lipinski definition) is 6. The van der Waals surface area contributed by atoms with Crippen molar-refractivity contribution in [2.24, 2.45) is 23.7 Å². The molecule has 1 aliphatic heterocycles. The molecule has 1 saturated heterocycles. The van der Waals surface area contributed by atoms with Gasteiger partial charge >= 0.3 is 0 Å². The first-order chi connectivity index (χ1) is 16.7. The Bertz CT molecular complexity index is 1220. The fraction of sp³-hybridized carbons (Fsp3) is 0.360. The number of fused-ring (bicyclic) bond motifs is 5. The van der Waals surface area contributed by atoms with Gasteiger partial charge in [-0.15, -0.1) is 0 Å². The molecule has 180 valence electrons. The van der Waals surface area contributed by atoms with E-state index in [1.165, 1.54) is 55.5 Å². The normalized spacial score (nSPS) is 25.5. The summed E-state index contributed by atoms with van der Waals surface area (Å²) >= 11 is 5.93. The number of non-ortho nitro benzene ring substituents is 1. The molecule has 5 rings (SSSR count). The highest BCUT2D eigenvalue weighted by atomic mass is 35.5. The molecule has 9 nitrogen and oxygen atoms in total. The summed E-state index contributed by atoms with van der Waals surface area (Å²) in [5, 5.41) is 13.3. The topological polar surface area (TPSA) is 118 Å². The van der Waals surface area contributed by atoms with Crippen LogP contribution in [0.2, 0.25) is 5.02 Å². The fourth-order valence-corrected chi connectivity index (χ4v) is 6.00. The molecule has 5 atom stereocenters. The second kappa shape index (κ2) is 8.57. The van der Waals surface area contributed by atoms with Crippen molar-refractivity contribution in [1.29, 1.82) is 0 Å². The van der Waals surface area contributed by atoms with Crippen LogP contribution in [0, 0.1) is 33.8 Å². The number of benzene rings is 2. The lowest BCUT2D eigenvalue weighted by Crippen LogP contribution is -2.56. The van der Waals surface area contributed by atoms with E-state index in [0.29, 0.717) is 5.02 Å². The van der Waals surface area contributed by atoms with Gasteiger partial charge in [-0.1, -0.05) is 11.6 Å². The second-order valence-electron chi connectivity index (χ2n) is 9.37. The Hall–Kier alpha value is -3.59. The van der Waals surface area contributed by atoms with Crippen LogP contribution in [0.1, 0.15) is 46.9 Å². The summed E-state index contributed by atoms with van der Waals surface area (Å²) in [6.45, 7) is 1.46. The van der Waals surface area contributed by atoms with Crippen LogP contribution in [0.25, 0.3) is 0 Å². The number of carbonyl (C=O) groups excluding carboxylic acids is 4. The molecule has 0 radical (unpaired) electrons. The number of imide groups is 1. The first-order valence-electron chi connectivity index (χ1n) is 11.4. The predicted molar refractivity (Wildman–Crippen MR) is 124 cm³/mol. The van der Waals surface area contributed by atoms with Crippen molar-refractivity contribution in [2.45, 2.75) is 32.2 Å². The van der Waals surface area contributed by atoms with Gasteiger partial charge in [-0.05, 0) is 74.4 Å². The number of nitrogens with zero attached hydrogens (tertiary/aromatic N) is 3. The number of carbonyl (C=O) groups is 4. The van der Waals surface area contributed by atoms with Gasteiger partial charge in [0, 0.05) is 28.3 Å². The Morgan fingerprint density at radius 3 is 2.00 bits per heavy atom. The van der Waals surface area contributed by atoms with Crippen molar-refractivity contribution in [2.75, 3.05) is 0 Å². The van der Waals surface area contributed by atoms with Crippen LogP contribution in [-0.2, 0) is 9.59 Å². The molecule has 2 bridgehead atoms. The standard InChI is InChI=1S/C25H22ClN3O6/c1-13(22(30)14-4-8-18(26)9-5-14)27(23(31)15-6-10-19(11-7-15)29(34)35)28-24(32)20-16-2-3-17(12-16)21(20)25(28)33/h4-11,13,16-17,20-21H,2-3,12H2,1H3/t13-,16+,17+,20-,21+/m1/s1. The molecule has 0 N–H and O–H groups in total. The minimum Gasteiger partial charge on any atom is -0.292 e. The van der Waals surface area contributed by atoms with Gasteiger partial charge in [-0.3, -0.25) is 29.3 Å². The quantitative estimate of drug-likeness (QED) is 0.259. The minimum absolute atomic E-state index is 0.0204. The third-order valence-corrected chi connectivity index (χ3v) is 7.78. The lowest BCUT2D eigenvalue weighted by atomic mass is 9.81. The molecular formula is C25H22ClN3O6. The Balaban J connectivity index is 1.53. The Morgan fingerprint density at radius 2 is 1.49 bits per heavy atom. The summed E-state index contributed by atoms with van der Waals surface area (Å²) in [6.07, 6.45) is 2.57. The number of halogens is 1. The zero-order valence-electron chi connectivity index (χ0n) is 18.8. The lowest BCUT2D eigenvalue weighted by Gasteiger charge is -2.35. The highest BCUT2D eigenvalue weighted by Gasteiger charge is 2.63. The molecule has 0 unspecified atom stereocenters. The van der Waals surface area contributed by atoms with Crippen LogP contribution < -0.4 is 0 Å². The van der Waals surface area contributed by atoms with Gasteiger partial charge in [-0.25, -0.2) is 5.01 Å².